The molecule has 0 aliphatic carbocycles. The quantitative estimate of drug-likeness (QED) is 0.932. The molecule has 2 rings (SSSR count). The first-order valence-corrected chi connectivity index (χ1v) is 8.46. The number of thioether (sulfide) groups is 1. The van der Waals surface area contributed by atoms with E-state index in [0.717, 1.165) is 0 Å². The highest BCUT2D eigenvalue weighted by atomic mass is 32.2. The summed E-state index contributed by atoms with van der Waals surface area (Å²) in [6.45, 7) is 1.59. The van der Waals surface area contributed by atoms with Crippen molar-refractivity contribution in [1.29, 1.82) is 0 Å². The van der Waals surface area contributed by atoms with Crippen LogP contribution in [0.2, 0.25) is 0 Å². The second-order valence-electron chi connectivity index (χ2n) is 4.42. The number of hydrogen-bond acceptors (Lipinski definition) is 3. The van der Waals surface area contributed by atoms with Gasteiger partial charge < -0.3 is 4.57 Å². The largest absolute Gasteiger partial charge is 0.441 e. The number of benzene rings is 1. The van der Waals surface area contributed by atoms with Gasteiger partial charge in [-0.1, -0.05) is 18.2 Å². The van der Waals surface area contributed by atoms with E-state index >= 15 is 0 Å². The van der Waals surface area contributed by atoms with Crippen LogP contribution in [0, 0.1) is 6.92 Å². The molecule has 1 heterocycles. The Morgan fingerprint density at radius 1 is 1.29 bits per heavy atom. The molecule has 0 aliphatic heterocycles. The Kier molecular flexibility index (Phi) is 4.27. The molecule has 21 heavy (non-hydrogen) atoms. The lowest BCUT2D eigenvalue weighted by molar-refractivity contribution is -0.0328. The normalized spacial score (nSPS) is 13.0. The number of hydrogen-bond donors (Lipinski definition) is 1. The SMILES string of the molecule is Cc1c(S(N)(=O)=O)c2ccccc2n1CCSC(F)(F)F. The smallest absolute Gasteiger partial charge is 0.343 e. The lowest BCUT2D eigenvalue weighted by Gasteiger charge is -2.09. The number of primary sulfonamides is 1. The lowest BCUT2D eigenvalue weighted by atomic mass is 10.2. The highest BCUT2D eigenvalue weighted by Gasteiger charge is 2.28. The molecule has 0 bridgehead atoms. The third kappa shape index (κ3) is 3.53. The van der Waals surface area contributed by atoms with Gasteiger partial charge in [-0.15, -0.1) is 0 Å². The van der Waals surface area contributed by atoms with E-state index in [4.69, 9.17) is 5.14 Å². The Morgan fingerprint density at radius 2 is 1.90 bits per heavy atom. The van der Waals surface area contributed by atoms with Crippen LogP contribution in [0.1, 0.15) is 5.69 Å². The Balaban J connectivity index is 2.47. The number of aromatic nitrogens is 1. The third-order valence-corrected chi connectivity index (χ3v) is 4.84. The van der Waals surface area contributed by atoms with Crippen molar-refractivity contribution in [1.82, 2.24) is 4.57 Å². The summed E-state index contributed by atoms with van der Waals surface area (Å²) in [6.07, 6.45) is 0. The predicted molar refractivity (Wildman–Crippen MR) is 76.6 cm³/mol. The van der Waals surface area contributed by atoms with Crippen LogP contribution in [0.15, 0.2) is 29.2 Å². The second-order valence-corrected chi connectivity index (χ2v) is 7.08. The van der Waals surface area contributed by atoms with E-state index < -0.39 is 15.5 Å². The van der Waals surface area contributed by atoms with E-state index in [1.165, 1.54) is 6.92 Å². The molecule has 0 amide bonds. The summed E-state index contributed by atoms with van der Waals surface area (Å²) in [5, 5.41) is 5.63. The Morgan fingerprint density at radius 3 is 2.48 bits per heavy atom. The molecule has 0 unspecified atom stereocenters. The van der Waals surface area contributed by atoms with E-state index in [2.05, 4.69) is 0 Å². The molecule has 2 aromatic rings. The molecule has 0 saturated heterocycles. The van der Waals surface area contributed by atoms with Gasteiger partial charge in [0.2, 0.25) is 10.0 Å². The number of nitrogens with two attached hydrogens (primary N) is 1. The average Bonchev–Trinajstić information content (AvgIpc) is 2.60. The maximum atomic E-state index is 12.2. The highest BCUT2D eigenvalue weighted by molar-refractivity contribution is 8.00. The van der Waals surface area contributed by atoms with Gasteiger partial charge in [-0.2, -0.15) is 13.2 Å². The number of halogens is 3. The van der Waals surface area contributed by atoms with Crippen molar-refractivity contribution in [3.8, 4) is 0 Å². The molecule has 0 aliphatic rings. The van der Waals surface area contributed by atoms with Gasteiger partial charge in [0.1, 0.15) is 4.90 Å². The zero-order chi connectivity index (χ0) is 15.8. The zero-order valence-corrected chi connectivity index (χ0v) is 12.6. The summed E-state index contributed by atoms with van der Waals surface area (Å²) in [7, 11) is -3.94. The van der Waals surface area contributed by atoms with Gasteiger partial charge in [0.15, 0.2) is 0 Å². The first-order valence-electron chi connectivity index (χ1n) is 5.92. The molecule has 4 nitrogen and oxygen atoms in total. The second kappa shape index (κ2) is 5.54. The van der Waals surface area contributed by atoms with Crippen LogP contribution in [0.25, 0.3) is 10.9 Å². The van der Waals surface area contributed by atoms with Crippen LogP contribution in [-0.2, 0) is 16.6 Å². The van der Waals surface area contributed by atoms with Crippen molar-refractivity contribution in [2.24, 2.45) is 5.14 Å². The van der Waals surface area contributed by atoms with Crippen molar-refractivity contribution < 1.29 is 21.6 Å². The summed E-state index contributed by atoms with van der Waals surface area (Å²) in [5.41, 5.74) is -3.40. The van der Waals surface area contributed by atoms with Crippen LogP contribution in [0.4, 0.5) is 13.2 Å². The average molecular weight is 338 g/mol. The van der Waals surface area contributed by atoms with Gasteiger partial charge in [-0.25, -0.2) is 13.6 Å². The van der Waals surface area contributed by atoms with Crippen molar-refractivity contribution in [3.63, 3.8) is 0 Å². The summed E-state index contributed by atoms with van der Waals surface area (Å²) in [6, 6.07) is 6.61. The molecular formula is C12H13F3N2O2S2. The number of fused-ring (bicyclic) bond motifs is 1. The molecule has 0 spiro atoms. The summed E-state index contributed by atoms with van der Waals surface area (Å²) in [4.78, 5) is -0.0323. The molecule has 2 N–H and O–H groups in total. The number of rotatable bonds is 4. The zero-order valence-electron chi connectivity index (χ0n) is 11.0. The maximum absolute atomic E-state index is 12.2. The summed E-state index contributed by atoms with van der Waals surface area (Å²) >= 11 is -0.139. The van der Waals surface area contributed by atoms with Crippen LogP contribution in [0.5, 0.6) is 0 Å². The van der Waals surface area contributed by atoms with Crippen molar-refractivity contribution >= 4 is 32.7 Å². The van der Waals surface area contributed by atoms with Gasteiger partial charge >= 0.3 is 5.51 Å². The van der Waals surface area contributed by atoms with Gasteiger partial charge in [0.05, 0.1) is 0 Å². The van der Waals surface area contributed by atoms with E-state index in [-0.39, 0.29) is 29.0 Å². The summed E-state index contributed by atoms with van der Waals surface area (Å²) in [5.74, 6) is -0.201. The maximum Gasteiger partial charge on any atom is 0.441 e. The molecule has 116 valence electrons. The summed E-state index contributed by atoms with van der Waals surface area (Å²) < 4.78 is 61.6. The van der Waals surface area contributed by atoms with E-state index in [9.17, 15) is 21.6 Å². The van der Waals surface area contributed by atoms with Crippen LogP contribution in [0.3, 0.4) is 0 Å². The van der Waals surface area contributed by atoms with Crippen molar-refractivity contribution in [2.45, 2.75) is 23.9 Å². The number of nitrogens with zero attached hydrogens (tertiary/aromatic N) is 1. The highest BCUT2D eigenvalue weighted by Crippen LogP contribution is 2.32. The number of para-hydroxylation sites is 1. The minimum absolute atomic E-state index is 0.0323. The fraction of sp³-hybridized carbons (Fsp3) is 0.333. The topological polar surface area (TPSA) is 65.1 Å². The molecule has 9 heteroatoms. The monoisotopic (exact) mass is 338 g/mol. The number of alkyl halides is 3. The van der Waals surface area contributed by atoms with Crippen molar-refractivity contribution in [2.75, 3.05) is 5.75 Å². The Labute approximate surface area is 124 Å². The predicted octanol–water partition coefficient (Wildman–Crippen LogP) is 2.85. The minimum atomic E-state index is -4.31. The molecule has 1 aromatic carbocycles. The molecule has 0 radical (unpaired) electrons. The molecule has 0 atom stereocenters. The first-order chi connectivity index (χ1) is 9.61. The van der Waals surface area contributed by atoms with E-state index in [1.54, 1.807) is 28.8 Å². The first kappa shape index (κ1) is 16.2. The van der Waals surface area contributed by atoms with Gasteiger partial charge in [0, 0.05) is 28.9 Å². The molecule has 0 saturated carbocycles. The van der Waals surface area contributed by atoms with Gasteiger partial charge in [-0.05, 0) is 24.8 Å². The van der Waals surface area contributed by atoms with E-state index in [1.807, 2.05) is 0 Å². The Bertz CT molecular complexity index is 767. The third-order valence-electron chi connectivity index (χ3n) is 3.04. The van der Waals surface area contributed by atoms with E-state index in [0.29, 0.717) is 16.6 Å². The lowest BCUT2D eigenvalue weighted by Crippen LogP contribution is -2.14. The van der Waals surface area contributed by atoms with Crippen LogP contribution >= 0.6 is 11.8 Å². The fourth-order valence-corrected chi connectivity index (χ4v) is 3.81. The van der Waals surface area contributed by atoms with Gasteiger partial charge in [0.25, 0.3) is 0 Å². The standard InChI is InChI=1S/C12H13F3N2O2S2/c1-8-11(21(16,18)19)9-4-2-3-5-10(9)17(8)6-7-20-12(13,14)15/h2-5H,6-7H2,1H3,(H2,16,18,19). The minimum Gasteiger partial charge on any atom is -0.343 e. The van der Waals surface area contributed by atoms with Crippen LogP contribution in [-0.4, -0.2) is 24.2 Å². The fourth-order valence-electron chi connectivity index (χ4n) is 2.30. The molecular weight excluding hydrogens is 325 g/mol. The molecule has 1 aromatic heterocycles. The van der Waals surface area contributed by atoms with Gasteiger partial charge in [-0.3, -0.25) is 0 Å². The number of aryl methyl sites for hydroxylation is 1. The molecule has 0 fully saturated rings. The van der Waals surface area contributed by atoms with Crippen molar-refractivity contribution in [3.05, 3.63) is 30.0 Å². The number of sulfonamides is 1. The Hall–Kier alpha value is -1.19. The van der Waals surface area contributed by atoms with Crippen LogP contribution < -0.4 is 5.14 Å².